The molecule has 3 aromatic carbocycles. The molecule has 0 radical (unpaired) electrons. The average Bonchev–Trinajstić information content (AvgIpc) is 3.62. The maximum absolute atomic E-state index is 13.9. The molecule has 348 valence electrons. The molecule has 7 amide bonds. The summed E-state index contributed by atoms with van der Waals surface area (Å²) in [5.41, 5.74) is 4.11. The Hall–Kier alpha value is -8.17. The van der Waals surface area contributed by atoms with Gasteiger partial charge in [-0.05, 0) is 85.7 Å². The third kappa shape index (κ3) is 11.3. The minimum absolute atomic E-state index is 0.000952. The number of urea groups is 1. The number of anilines is 2. The highest BCUT2D eigenvalue weighted by Gasteiger charge is 2.46. The number of nitrogens with one attached hydrogen (secondary N) is 4. The monoisotopic (exact) mass is 919 g/mol. The first-order valence-corrected chi connectivity index (χ1v) is 22.4. The number of hydrogen-bond donors (Lipinski definition) is 4. The van der Waals surface area contributed by atoms with Crippen LogP contribution < -0.4 is 35.6 Å². The molecule has 1 saturated heterocycles. The second-order valence-electron chi connectivity index (χ2n) is 16.4. The summed E-state index contributed by atoms with van der Waals surface area (Å²) in [4.78, 5) is 88.2. The molecule has 5 aromatic rings. The number of carbonyl (C=O) groups excluding carboxylic acids is 6. The molecule has 2 aromatic heterocycles. The van der Waals surface area contributed by atoms with Crippen LogP contribution >= 0.6 is 0 Å². The number of hydrogen-bond acceptors (Lipinski definition) is 13. The fourth-order valence-electron chi connectivity index (χ4n) is 8.40. The van der Waals surface area contributed by atoms with Gasteiger partial charge in [-0.2, -0.15) is 5.26 Å². The lowest BCUT2D eigenvalue weighted by molar-refractivity contribution is -0.136. The predicted octanol–water partition coefficient (Wildman–Crippen LogP) is 5.15. The van der Waals surface area contributed by atoms with Crippen LogP contribution in [-0.2, 0) is 25.7 Å². The molecule has 18 nitrogen and oxygen atoms in total. The fraction of sp³-hybridized carbons (Fsp3) is 0.300. The second-order valence-corrected chi connectivity index (χ2v) is 16.4. The van der Waals surface area contributed by atoms with Crippen LogP contribution in [0.1, 0.15) is 70.4 Å². The van der Waals surface area contributed by atoms with Crippen LogP contribution in [0.4, 0.5) is 16.3 Å². The van der Waals surface area contributed by atoms with E-state index in [1.165, 1.54) is 18.2 Å². The number of imide groups is 2. The maximum Gasteiger partial charge on any atom is 0.322 e. The SMILES string of the molecule is N#Cc1ccc(N[C@H]2CC[C@H](N(C(=O)NCc3ccccc3)c3ccc(-c4ccc(OCCOCCNC(=O)COc5cccc6c5C(=O)N(C5CCC(=O)NC5=O)C6=O)nc4)cc3)CC2)nc1. The highest BCUT2D eigenvalue weighted by atomic mass is 16.5. The summed E-state index contributed by atoms with van der Waals surface area (Å²) in [6.07, 6.45) is 6.58. The summed E-state index contributed by atoms with van der Waals surface area (Å²) in [5.74, 6) is -1.90. The van der Waals surface area contributed by atoms with Crippen molar-refractivity contribution in [2.75, 3.05) is 43.2 Å². The fourth-order valence-corrected chi connectivity index (χ4v) is 8.40. The van der Waals surface area contributed by atoms with Crippen molar-refractivity contribution in [2.45, 2.75) is 63.2 Å². The van der Waals surface area contributed by atoms with Gasteiger partial charge in [0.05, 0.1) is 29.9 Å². The first-order chi connectivity index (χ1) is 33.1. The van der Waals surface area contributed by atoms with Gasteiger partial charge in [-0.25, -0.2) is 14.8 Å². The topological polar surface area (TPSA) is 234 Å². The summed E-state index contributed by atoms with van der Waals surface area (Å²) >= 11 is 0. The molecule has 0 spiro atoms. The van der Waals surface area contributed by atoms with E-state index >= 15 is 0 Å². The van der Waals surface area contributed by atoms with Crippen LogP contribution in [0.15, 0.2) is 109 Å². The number of aromatic nitrogens is 2. The first-order valence-electron chi connectivity index (χ1n) is 22.4. The molecule has 1 atom stereocenters. The Morgan fingerprint density at radius 1 is 0.779 bits per heavy atom. The molecule has 2 aliphatic heterocycles. The van der Waals surface area contributed by atoms with E-state index in [2.05, 4.69) is 37.3 Å². The summed E-state index contributed by atoms with van der Waals surface area (Å²) in [6.45, 7) is 0.783. The van der Waals surface area contributed by atoms with Crippen LogP contribution in [0.3, 0.4) is 0 Å². The minimum Gasteiger partial charge on any atom is -0.483 e. The van der Waals surface area contributed by atoms with Crippen molar-refractivity contribution in [1.82, 2.24) is 30.8 Å². The van der Waals surface area contributed by atoms with Crippen molar-refractivity contribution in [3.8, 4) is 28.8 Å². The Bertz CT molecular complexity index is 2670. The lowest BCUT2D eigenvalue weighted by atomic mass is 9.89. The molecule has 0 bridgehead atoms. The Morgan fingerprint density at radius 2 is 1.57 bits per heavy atom. The Kier molecular flexibility index (Phi) is 14.9. The number of pyridine rings is 2. The number of amides is 7. The molecular weight excluding hydrogens is 871 g/mol. The molecule has 1 aliphatic carbocycles. The van der Waals surface area contributed by atoms with Gasteiger partial charge in [0.1, 0.15) is 30.3 Å². The molecule has 4 heterocycles. The van der Waals surface area contributed by atoms with Crippen LogP contribution in [0.5, 0.6) is 11.6 Å². The highest BCUT2D eigenvalue weighted by Crippen LogP contribution is 2.34. The van der Waals surface area contributed by atoms with Gasteiger partial charge in [0.15, 0.2) is 6.61 Å². The van der Waals surface area contributed by atoms with Crippen molar-refractivity contribution in [3.05, 3.63) is 132 Å². The number of benzene rings is 3. The summed E-state index contributed by atoms with van der Waals surface area (Å²) in [5, 5.41) is 20.5. The molecule has 4 N–H and O–H groups in total. The Morgan fingerprint density at radius 3 is 2.29 bits per heavy atom. The average molecular weight is 920 g/mol. The summed E-state index contributed by atoms with van der Waals surface area (Å²) in [7, 11) is 0. The summed E-state index contributed by atoms with van der Waals surface area (Å²) < 4.78 is 17.0. The number of piperidine rings is 1. The van der Waals surface area contributed by atoms with Crippen LogP contribution in [0.2, 0.25) is 0 Å². The van der Waals surface area contributed by atoms with Gasteiger partial charge in [0.25, 0.3) is 17.7 Å². The standard InChI is InChI=1S/C50H49N9O9/c51-27-33-9-20-42(53-29-33)56-36-13-17-38(18-14-36)58(50(65)55-28-32-5-2-1-3-6-32)37-15-10-34(11-16-37)35-12-22-45(54-30-35)67-26-25-66-24-23-52-44(61)31-68-41-8-4-7-39-46(41)49(64)59(48(39)63)40-19-21-43(60)57-47(40)62/h1-12,15-16,20,22,29-30,36,38,40H,13-14,17-19,21,23-26,28,31H2,(H,52,61)(H,53,56)(H,55,65)(H,57,60,62)/t36-,38-,40?. The lowest BCUT2D eigenvalue weighted by Gasteiger charge is -2.37. The van der Waals surface area contributed by atoms with Gasteiger partial charge in [0.2, 0.25) is 17.7 Å². The second kappa shape index (κ2) is 21.9. The number of fused-ring (bicyclic) bond motifs is 1. The van der Waals surface area contributed by atoms with Crippen molar-refractivity contribution in [3.63, 3.8) is 0 Å². The van der Waals surface area contributed by atoms with E-state index in [-0.39, 0.29) is 74.2 Å². The van der Waals surface area contributed by atoms with E-state index in [4.69, 9.17) is 19.5 Å². The van der Waals surface area contributed by atoms with E-state index in [0.717, 1.165) is 58.8 Å². The third-order valence-electron chi connectivity index (χ3n) is 11.9. The van der Waals surface area contributed by atoms with E-state index < -0.39 is 42.2 Å². The van der Waals surface area contributed by atoms with Crippen LogP contribution in [0, 0.1) is 11.3 Å². The molecule has 68 heavy (non-hydrogen) atoms. The third-order valence-corrected chi connectivity index (χ3v) is 11.9. The smallest absolute Gasteiger partial charge is 0.322 e. The lowest BCUT2D eigenvalue weighted by Crippen LogP contribution is -2.54. The van der Waals surface area contributed by atoms with Crippen LogP contribution in [-0.4, -0.2) is 102 Å². The summed E-state index contributed by atoms with van der Waals surface area (Å²) in [6, 6.07) is 30.3. The van der Waals surface area contributed by atoms with Crippen molar-refractivity contribution in [1.29, 1.82) is 5.26 Å². The molecule has 2 fully saturated rings. The van der Waals surface area contributed by atoms with Crippen molar-refractivity contribution >= 4 is 47.1 Å². The predicted molar refractivity (Wildman–Crippen MR) is 247 cm³/mol. The number of carbonyl (C=O) groups is 6. The highest BCUT2D eigenvalue weighted by molar-refractivity contribution is 6.24. The Balaban J connectivity index is 0.768. The van der Waals surface area contributed by atoms with Gasteiger partial charge < -0.3 is 30.2 Å². The van der Waals surface area contributed by atoms with E-state index in [9.17, 15) is 28.8 Å². The number of rotatable bonds is 18. The van der Waals surface area contributed by atoms with E-state index in [1.54, 1.807) is 24.5 Å². The first kappa shape index (κ1) is 46.4. The molecule has 1 unspecified atom stereocenters. The molecule has 18 heteroatoms. The van der Waals surface area contributed by atoms with Crippen LogP contribution in [0.25, 0.3) is 11.1 Å². The normalized spacial score (nSPS) is 17.6. The molecule has 3 aliphatic rings. The van der Waals surface area contributed by atoms with Gasteiger partial charge in [-0.15, -0.1) is 0 Å². The van der Waals surface area contributed by atoms with Crippen molar-refractivity contribution in [2.24, 2.45) is 0 Å². The quantitative estimate of drug-likeness (QED) is 0.0659. The zero-order valence-corrected chi connectivity index (χ0v) is 37.0. The van der Waals surface area contributed by atoms with E-state index in [0.29, 0.717) is 18.0 Å². The van der Waals surface area contributed by atoms with Crippen molar-refractivity contribution < 1.29 is 43.0 Å². The number of nitrogens with zero attached hydrogens (tertiary/aromatic N) is 5. The minimum atomic E-state index is -1.12. The van der Waals surface area contributed by atoms with Gasteiger partial charge in [0, 0.05) is 61.3 Å². The zero-order chi connectivity index (χ0) is 47.4. The van der Waals surface area contributed by atoms with E-state index in [1.807, 2.05) is 71.6 Å². The molecular formula is C50H49N9O9. The zero-order valence-electron chi connectivity index (χ0n) is 37.0. The Labute approximate surface area is 392 Å². The van der Waals surface area contributed by atoms with Gasteiger partial charge in [-0.3, -0.25) is 39.1 Å². The number of ether oxygens (including phenoxy) is 3. The van der Waals surface area contributed by atoms with Gasteiger partial charge in [-0.1, -0.05) is 48.5 Å². The molecule has 1 saturated carbocycles. The number of nitriles is 1. The maximum atomic E-state index is 13.9. The molecule has 8 rings (SSSR count). The van der Waals surface area contributed by atoms with Gasteiger partial charge >= 0.3 is 6.03 Å². The largest absolute Gasteiger partial charge is 0.483 e.